The second-order valence-corrected chi connectivity index (χ2v) is 6.70. The molecule has 0 amide bonds. The van der Waals surface area contributed by atoms with Crippen molar-refractivity contribution in [2.45, 2.75) is 44.7 Å². The average molecular weight is 275 g/mol. The first-order valence-electron chi connectivity index (χ1n) is 5.97. The summed E-state index contributed by atoms with van der Waals surface area (Å²) in [6, 6.07) is 0. The summed E-state index contributed by atoms with van der Waals surface area (Å²) in [6.45, 7) is 7.13. The van der Waals surface area contributed by atoms with E-state index in [4.69, 9.17) is 0 Å². The van der Waals surface area contributed by atoms with Crippen LogP contribution in [0.1, 0.15) is 33.5 Å². The number of likely N-dealkylation sites (N-methyl/N-ethyl adjacent to an activating group) is 1. The monoisotopic (exact) mass is 275 g/mol. The molecular weight excluding hydrogens is 254 g/mol. The van der Waals surface area contributed by atoms with Gasteiger partial charge in [-0.2, -0.15) is 4.31 Å². The van der Waals surface area contributed by atoms with Crippen molar-refractivity contribution in [2.75, 3.05) is 13.1 Å². The number of rotatable bonds is 6. The van der Waals surface area contributed by atoms with Gasteiger partial charge in [0.15, 0.2) is 5.03 Å². The third kappa shape index (κ3) is 3.54. The zero-order valence-corrected chi connectivity index (χ0v) is 12.1. The van der Waals surface area contributed by atoms with Crippen LogP contribution < -0.4 is 0 Å². The summed E-state index contributed by atoms with van der Waals surface area (Å²) in [5.74, 6) is 0.632. The fourth-order valence-corrected chi connectivity index (χ4v) is 3.13. The van der Waals surface area contributed by atoms with Crippen molar-refractivity contribution in [3.05, 3.63) is 12.0 Å². The molecule has 104 valence electrons. The summed E-state index contributed by atoms with van der Waals surface area (Å²) in [5.41, 5.74) is -1.07. The minimum atomic E-state index is -3.62. The van der Waals surface area contributed by atoms with Crippen LogP contribution in [0.15, 0.2) is 11.2 Å². The fraction of sp³-hybridized carbons (Fsp3) is 0.727. The lowest BCUT2D eigenvalue weighted by atomic mass is 10.1. The number of sulfonamides is 1. The van der Waals surface area contributed by atoms with Gasteiger partial charge in [-0.05, 0) is 13.8 Å². The van der Waals surface area contributed by atoms with Crippen LogP contribution in [0.5, 0.6) is 0 Å². The van der Waals surface area contributed by atoms with Gasteiger partial charge in [0.2, 0.25) is 0 Å². The van der Waals surface area contributed by atoms with E-state index in [1.54, 1.807) is 20.8 Å². The number of aliphatic hydroxyl groups is 1. The first-order valence-corrected chi connectivity index (χ1v) is 7.41. The van der Waals surface area contributed by atoms with Gasteiger partial charge in [0.1, 0.15) is 5.82 Å². The molecule has 0 aliphatic rings. The molecule has 0 saturated heterocycles. The molecule has 1 aromatic heterocycles. The van der Waals surface area contributed by atoms with Gasteiger partial charge < -0.3 is 10.1 Å². The summed E-state index contributed by atoms with van der Waals surface area (Å²) in [6.07, 6.45) is 1.97. The van der Waals surface area contributed by atoms with E-state index < -0.39 is 15.6 Å². The van der Waals surface area contributed by atoms with Crippen LogP contribution in [0.4, 0.5) is 0 Å². The Bertz CT molecular complexity index is 488. The van der Waals surface area contributed by atoms with Crippen LogP contribution in [0.25, 0.3) is 0 Å². The maximum Gasteiger partial charge on any atom is 0.260 e. The molecule has 7 heteroatoms. The zero-order chi connectivity index (χ0) is 14.0. The summed E-state index contributed by atoms with van der Waals surface area (Å²) in [7, 11) is -3.62. The van der Waals surface area contributed by atoms with Crippen LogP contribution in [0, 0.1) is 0 Å². The fourth-order valence-electron chi connectivity index (χ4n) is 1.59. The van der Waals surface area contributed by atoms with Gasteiger partial charge in [0, 0.05) is 19.5 Å². The molecule has 1 aromatic rings. The lowest BCUT2D eigenvalue weighted by molar-refractivity contribution is 0.0601. The summed E-state index contributed by atoms with van der Waals surface area (Å²) >= 11 is 0. The topological polar surface area (TPSA) is 86.3 Å². The molecule has 2 N–H and O–H groups in total. The van der Waals surface area contributed by atoms with E-state index in [1.165, 1.54) is 10.5 Å². The Morgan fingerprint density at radius 2 is 2.06 bits per heavy atom. The Balaban J connectivity index is 3.03. The molecule has 0 atom stereocenters. The number of hydrogen-bond donors (Lipinski definition) is 2. The Morgan fingerprint density at radius 1 is 1.44 bits per heavy atom. The predicted octanol–water partition coefficient (Wildman–Crippen LogP) is 0.754. The second kappa shape index (κ2) is 5.38. The smallest absolute Gasteiger partial charge is 0.260 e. The van der Waals surface area contributed by atoms with Crippen LogP contribution in [-0.2, 0) is 16.4 Å². The number of hydrogen-bond acceptors (Lipinski definition) is 4. The molecule has 0 aliphatic heterocycles. The molecule has 18 heavy (non-hydrogen) atoms. The predicted molar refractivity (Wildman–Crippen MR) is 68.7 cm³/mol. The normalized spacial score (nSPS) is 13.2. The number of nitrogens with zero attached hydrogens (tertiary/aromatic N) is 2. The number of H-pyrrole nitrogens is 1. The SMILES string of the molecule is CCc1ncc(S(=O)(=O)N(CC)CC(C)(C)O)[nH]1. The highest BCUT2D eigenvalue weighted by atomic mass is 32.2. The lowest BCUT2D eigenvalue weighted by Gasteiger charge is -2.26. The highest BCUT2D eigenvalue weighted by molar-refractivity contribution is 7.89. The summed E-state index contributed by atoms with van der Waals surface area (Å²) in [4.78, 5) is 6.77. The van der Waals surface area contributed by atoms with Crippen LogP contribution in [0.2, 0.25) is 0 Å². The molecule has 0 fully saturated rings. The zero-order valence-electron chi connectivity index (χ0n) is 11.3. The van der Waals surface area contributed by atoms with Gasteiger partial charge in [0.25, 0.3) is 10.0 Å². The van der Waals surface area contributed by atoms with Gasteiger partial charge in [0.05, 0.1) is 11.8 Å². The van der Waals surface area contributed by atoms with E-state index in [0.29, 0.717) is 18.8 Å². The minimum absolute atomic E-state index is 0.0479. The van der Waals surface area contributed by atoms with E-state index in [2.05, 4.69) is 9.97 Å². The van der Waals surface area contributed by atoms with Crippen molar-refractivity contribution in [1.29, 1.82) is 0 Å². The Labute approximate surface area is 108 Å². The lowest BCUT2D eigenvalue weighted by Crippen LogP contribution is -2.42. The molecule has 0 aliphatic carbocycles. The Hall–Kier alpha value is -0.920. The number of aromatic amines is 1. The standard InChI is InChI=1S/C11H21N3O3S/c1-5-9-12-7-10(13-9)18(16,17)14(6-2)8-11(3,4)15/h7,15H,5-6,8H2,1-4H3,(H,12,13). The van der Waals surface area contributed by atoms with Gasteiger partial charge in [-0.25, -0.2) is 13.4 Å². The molecule has 0 unspecified atom stereocenters. The van der Waals surface area contributed by atoms with Crippen molar-refractivity contribution in [1.82, 2.24) is 14.3 Å². The molecule has 6 nitrogen and oxygen atoms in total. The quantitative estimate of drug-likeness (QED) is 0.802. The number of aryl methyl sites for hydroxylation is 1. The molecule has 1 heterocycles. The Morgan fingerprint density at radius 3 is 2.44 bits per heavy atom. The third-order valence-corrected chi connectivity index (χ3v) is 4.30. The number of aromatic nitrogens is 2. The van der Waals surface area contributed by atoms with Gasteiger partial charge in [-0.3, -0.25) is 0 Å². The van der Waals surface area contributed by atoms with Crippen molar-refractivity contribution in [3.63, 3.8) is 0 Å². The molecule has 0 spiro atoms. The third-order valence-electron chi connectivity index (χ3n) is 2.47. The second-order valence-electron chi connectivity index (χ2n) is 4.79. The summed E-state index contributed by atoms with van der Waals surface area (Å²) in [5, 5.41) is 9.82. The van der Waals surface area contributed by atoms with E-state index >= 15 is 0 Å². The van der Waals surface area contributed by atoms with Gasteiger partial charge in [-0.15, -0.1) is 0 Å². The molecular formula is C11H21N3O3S. The Kier molecular flexibility index (Phi) is 4.52. The first kappa shape index (κ1) is 15.1. The van der Waals surface area contributed by atoms with E-state index in [-0.39, 0.29) is 11.6 Å². The van der Waals surface area contributed by atoms with Crippen molar-refractivity contribution < 1.29 is 13.5 Å². The minimum Gasteiger partial charge on any atom is -0.389 e. The van der Waals surface area contributed by atoms with E-state index in [1.807, 2.05) is 6.92 Å². The van der Waals surface area contributed by atoms with Crippen molar-refractivity contribution >= 4 is 10.0 Å². The van der Waals surface area contributed by atoms with E-state index in [0.717, 1.165) is 0 Å². The first-order chi connectivity index (χ1) is 8.20. The molecule has 0 saturated carbocycles. The van der Waals surface area contributed by atoms with Gasteiger partial charge in [-0.1, -0.05) is 13.8 Å². The van der Waals surface area contributed by atoms with Crippen molar-refractivity contribution in [2.24, 2.45) is 0 Å². The largest absolute Gasteiger partial charge is 0.389 e. The average Bonchev–Trinajstić information content (AvgIpc) is 2.73. The van der Waals surface area contributed by atoms with Crippen LogP contribution >= 0.6 is 0 Å². The molecule has 0 radical (unpaired) electrons. The molecule has 0 aromatic carbocycles. The molecule has 1 rings (SSSR count). The van der Waals surface area contributed by atoms with E-state index in [9.17, 15) is 13.5 Å². The van der Waals surface area contributed by atoms with Crippen molar-refractivity contribution in [3.8, 4) is 0 Å². The molecule has 0 bridgehead atoms. The number of nitrogens with one attached hydrogen (secondary N) is 1. The summed E-state index contributed by atoms with van der Waals surface area (Å²) < 4.78 is 25.9. The van der Waals surface area contributed by atoms with Crippen LogP contribution in [-0.4, -0.2) is 46.5 Å². The van der Waals surface area contributed by atoms with Crippen LogP contribution in [0.3, 0.4) is 0 Å². The maximum atomic E-state index is 12.3. The highest BCUT2D eigenvalue weighted by Crippen LogP contribution is 2.16. The number of imidazole rings is 1. The van der Waals surface area contributed by atoms with Gasteiger partial charge >= 0.3 is 0 Å². The highest BCUT2D eigenvalue weighted by Gasteiger charge is 2.29. The maximum absolute atomic E-state index is 12.3.